The predicted molar refractivity (Wildman–Crippen MR) is 52.0 cm³/mol. The molecule has 14 heavy (non-hydrogen) atoms. The van der Waals surface area contributed by atoms with Gasteiger partial charge in [0, 0.05) is 11.3 Å². The summed E-state index contributed by atoms with van der Waals surface area (Å²) in [5.41, 5.74) is 1.78. The number of nitrogens with one attached hydrogen (secondary N) is 1. The van der Waals surface area contributed by atoms with Gasteiger partial charge in [0.05, 0.1) is 0 Å². The maximum absolute atomic E-state index is 10.8. The highest BCUT2D eigenvalue weighted by Gasteiger charge is 2.19. The Kier molecular flexibility index (Phi) is 2.74. The summed E-state index contributed by atoms with van der Waals surface area (Å²) in [6, 6.07) is 0. The molecule has 0 aliphatic rings. The van der Waals surface area contributed by atoms with Crippen molar-refractivity contribution in [1.29, 1.82) is 0 Å². The first-order chi connectivity index (χ1) is 6.49. The van der Waals surface area contributed by atoms with E-state index in [2.05, 4.69) is 4.98 Å². The predicted octanol–water partition coefficient (Wildman–Crippen LogP) is 1.96. The summed E-state index contributed by atoms with van der Waals surface area (Å²) in [7, 11) is 0. The summed E-state index contributed by atoms with van der Waals surface area (Å²) in [5.74, 6) is -0.917. The lowest BCUT2D eigenvalue weighted by molar-refractivity contribution is 0.0690. The normalized spacial score (nSPS) is 10.6. The monoisotopic (exact) mass is 195 g/mol. The van der Waals surface area contributed by atoms with Crippen LogP contribution >= 0.6 is 0 Å². The quantitative estimate of drug-likeness (QED) is 0.724. The molecule has 0 radical (unpaired) electrons. The van der Waals surface area contributed by atoms with E-state index < -0.39 is 5.97 Å². The van der Waals surface area contributed by atoms with Crippen LogP contribution in [0, 0.1) is 6.92 Å². The largest absolute Gasteiger partial charge is 0.477 e. The molecule has 0 spiro atoms. The van der Waals surface area contributed by atoms with E-state index >= 15 is 0 Å². The molecule has 1 heterocycles. The second kappa shape index (κ2) is 3.65. The SMILES string of the molecule is Cc1c(C(=O)O)[nH]c(C(C)C)c1C=O. The van der Waals surface area contributed by atoms with Crippen molar-refractivity contribution in [2.45, 2.75) is 26.7 Å². The Balaban J connectivity index is 3.39. The number of aromatic amines is 1. The molecule has 0 bridgehead atoms. The molecule has 2 N–H and O–H groups in total. The third kappa shape index (κ3) is 1.55. The zero-order valence-corrected chi connectivity index (χ0v) is 8.42. The number of carbonyl (C=O) groups is 2. The molecule has 1 rings (SSSR count). The highest BCUT2D eigenvalue weighted by Crippen LogP contribution is 2.23. The fraction of sp³-hybridized carbons (Fsp3) is 0.400. The van der Waals surface area contributed by atoms with Crippen LogP contribution in [0.5, 0.6) is 0 Å². The maximum atomic E-state index is 10.8. The van der Waals surface area contributed by atoms with Crippen molar-refractivity contribution >= 4 is 12.3 Å². The summed E-state index contributed by atoms with van der Waals surface area (Å²) in [6.07, 6.45) is 0.702. The van der Waals surface area contributed by atoms with E-state index in [9.17, 15) is 9.59 Å². The molecule has 0 aromatic carbocycles. The Morgan fingerprint density at radius 1 is 1.50 bits per heavy atom. The number of hydrogen-bond acceptors (Lipinski definition) is 2. The number of carboxylic acid groups (broad SMARTS) is 1. The lowest BCUT2D eigenvalue weighted by atomic mass is 10.0. The van der Waals surface area contributed by atoms with Crippen molar-refractivity contribution in [3.05, 3.63) is 22.5 Å². The molecule has 4 nitrogen and oxygen atoms in total. The van der Waals surface area contributed by atoms with Gasteiger partial charge in [0.25, 0.3) is 0 Å². The summed E-state index contributed by atoms with van der Waals surface area (Å²) in [6.45, 7) is 5.45. The number of rotatable bonds is 3. The second-order valence-corrected chi connectivity index (χ2v) is 3.53. The van der Waals surface area contributed by atoms with Crippen LogP contribution in [0.15, 0.2) is 0 Å². The number of aldehydes is 1. The molecular weight excluding hydrogens is 182 g/mol. The van der Waals surface area contributed by atoms with Gasteiger partial charge < -0.3 is 10.1 Å². The van der Waals surface area contributed by atoms with E-state index in [0.29, 0.717) is 23.1 Å². The minimum Gasteiger partial charge on any atom is -0.477 e. The molecule has 0 atom stereocenters. The van der Waals surface area contributed by atoms with Crippen molar-refractivity contribution in [1.82, 2.24) is 4.98 Å². The third-order valence-electron chi connectivity index (χ3n) is 2.24. The molecule has 4 heteroatoms. The van der Waals surface area contributed by atoms with Crippen LogP contribution in [0.2, 0.25) is 0 Å². The molecule has 0 aliphatic carbocycles. The summed E-state index contributed by atoms with van der Waals surface area (Å²) in [4.78, 5) is 24.3. The highest BCUT2D eigenvalue weighted by molar-refractivity contribution is 5.92. The zero-order valence-electron chi connectivity index (χ0n) is 8.42. The van der Waals surface area contributed by atoms with Crippen molar-refractivity contribution in [2.24, 2.45) is 0 Å². The summed E-state index contributed by atoms with van der Waals surface area (Å²) in [5, 5.41) is 8.83. The average Bonchev–Trinajstić information content (AvgIpc) is 2.42. The minimum atomic E-state index is -1.03. The van der Waals surface area contributed by atoms with Gasteiger partial charge in [0.2, 0.25) is 0 Å². The highest BCUT2D eigenvalue weighted by atomic mass is 16.4. The number of aromatic carboxylic acids is 1. The molecule has 0 unspecified atom stereocenters. The van der Waals surface area contributed by atoms with E-state index in [1.165, 1.54) is 0 Å². The van der Waals surface area contributed by atoms with Gasteiger partial charge in [-0.1, -0.05) is 13.8 Å². The first kappa shape index (κ1) is 10.5. The van der Waals surface area contributed by atoms with Gasteiger partial charge in [-0.05, 0) is 18.4 Å². The molecule has 0 aliphatic heterocycles. The van der Waals surface area contributed by atoms with Gasteiger partial charge in [-0.15, -0.1) is 0 Å². The fourth-order valence-electron chi connectivity index (χ4n) is 1.45. The molecule has 0 saturated carbocycles. The van der Waals surface area contributed by atoms with Gasteiger partial charge in [-0.3, -0.25) is 4.79 Å². The van der Waals surface area contributed by atoms with E-state index in [-0.39, 0.29) is 11.6 Å². The smallest absolute Gasteiger partial charge is 0.352 e. The minimum absolute atomic E-state index is 0.107. The van der Waals surface area contributed by atoms with Crippen LogP contribution in [-0.2, 0) is 0 Å². The van der Waals surface area contributed by atoms with E-state index in [0.717, 1.165) is 0 Å². The first-order valence-electron chi connectivity index (χ1n) is 4.40. The fourth-order valence-corrected chi connectivity index (χ4v) is 1.45. The molecule has 0 amide bonds. The molecule has 0 saturated heterocycles. The Bertz CT molecular complexity index is 377. The Labute approximate surface area is 81.9 Å². The van der Waals surface area contributed by atoms with Crippen LogP contribution in [0.1, 0.15) is 51.9 Å². The van der Waals surface area contributed by atoms with Crippen LogP contribution in [0.4, 0.5) is 0 Å². The van der Waals surface area contributed by atoms with Crippen molar-refractivity contribution in [2.75, 3.05) is 0 Å². The third-order valence-corrected chi connectivity index (χ3v) is 2.24. The standard InChI is InChI=1S/C10H13NO3/c1-5(2)8-7(4-12)6(3)9(11-8)10(13)14/h4-5,11H,1-3H3,(H,13,14). The molecule has 76 valence electrons. The first-order valence-corrected chi connectivity index (χ1v) is 4.40. The summed E-state index contributed by atoms with van der Waals surface area (Å²) < 4.78 is 0. The molecule has 1 aromatic heterocycles. The topological polar surface area (TPSA) is 70.2 Å². The number of carboxylic acids is 1. The molecular formula is C10H13NO3. The maximum Gasteiger partial charge on any atom is 0.352 e. The number of H-pyrrole nitrogens is 1. The van der Waals surface area contributed by atoms with E-state index in [4.69, 9.17) is 5.11 Å². The van der Waals surface area contributed by atoms with Gasteiger partial charge in [0.15, 0.2) is 6.29 Å². The van der Waals surface area contributed by atoms with E-state index in [1.807, 2.05) is 13.8 Å². The van der Waals surface area contributed by atoms with Crippen LogP contribution in [0.25, 0.3) is 0 Å². The van der Waals surface area contributed by atoms with Crippen LogP contribution < -0.4 is 0 Å². The lowest BCUT2D eigenvalue weighted by Gasteiger charge is -2.01. The van der Waals surface area contributed by atoms with E-state index in [1.54, 1.807) is 6.92 Å². The zero-order chi connectivity index (χ0) is 10.9. The number of carbonyl (C=O) groups excluding carboxylic acids is 1. The van der Waals surface area contributed by atoms with Crippen LogP contribution in [0.3, 0.4) is 0 Å². The lowest BCUT2D eigenvalue weighted by Crippen LogP contribution is -1.99. The van der Waals surface area contributed by atoms with Gasteiger partial charge >= 0.3 is 5.97 Å². The molecule has 1 aromatic rings. The van der Waals surface area contributed by atoms with Crippen molar-refractivity contribution in [3.8, 4) is 0 Å². The summed E-state index contributed by atoms with van der Waals surface area (Å²) >= 11 is 0. The van der Waals surface area contributed by atoms with Gasteiger partial charge in [0.1, 0.15) is 5.69 Å². The average molecular weight is 195 g/mol. The Morgan fingerprint density at radius 2 is 2.07 bits per heavy atom. The van der Waals surface area contributed by atoms with Crippen molar-refractivity contribution in [3.63, 3.8) is 0 Å². The second-order valence-electron chi connectivity index (χ2n) is 3.53. The Hall–Kier alpha value is -1.58. The number of hydrogen-bond donors (Lipinski definition) is 2. The van der Waals surface area contributed by atoms with Crippen LogP contribution in [-0.4, -0.2) is 22.3 Å². The Morgan fingerprint density at radius 3 is 2.36 bits per heavy atom. The van der Waals surface area contributed by atoms with Gasteiger partial charge in [-0.2, -0.15) is 0 Å². The molecule has 0 fully saturated rings. The van der Waals surface area contributed by atoms with Gasteiger partial charge in [-0.25, -0.2) is 4.79 Å². The number of aromatic nitrogens is 1. The van der Waals surface area contributed by atoms with Crippen molar-refractivity contribution < 1.29 is 14.7 Å².